The lowest BCUT2D eigenvalue weighted by atomic mass is 9.94. The van der Waals surface area contributed by atoms with Crippen molar-refractivity contribution in [1.82, 2.24) is 4.57 Å². The van der Waals surface area contributed by atoms with E-state index in [4.69, 9.17) is 12.7 Å². The van der Waals surface area contributed by atoms with Crippen molar-refractivity contribution in [2.45, 2.75) is 26.0 Å². The Balaban J connectivity index is 1.74. The van der Waals surface area contributed by atoms with Crippen LogP contribution in [0, 0.1) is 6.92 Å². The van der Waals surface area contributed by atoms with E-state index in [1.54, 1.807) is 0 Å². The summed E-state index contributed by atoms with van der Waals surface area (Å²) >= 11 is 0. The van der Waals surface area contributed by atoms with E-state index in [1.165, 1.54) is 0 Å². The minimum Gasteiger partial charge on any atom is -0.316 e. The molecule has 1 atom stereocenters. The van der Waals surface area contributed by atoms with Crippen LogP contribution in [-0.4, -0.2) is 18.2 Å². The number of Topliss-reactive ketones (excluding diaryl/α,β-unsaturated/α-hetero) is 1. The highest BCUT2D eigenvalue weighted by Gasteiger charge is 2.25. The second kappa shape index (κ2) is 5.17. The first kappa shape index (κ1) is 13.0. The number of nitrogens with one attached hydrogen (secondary N) is 1. The van der Waals surface area contributed by atoms with Crippen LogP contribution in [0.2, 0.25) is 0 Å². The van der Waals surface area contributed by atoms with Crippen molar-refractivity contribution in [3.8, 4) is 0 Å². The Morgan fingerprint density at radius 2 is 2.25 bits per heavy atom. The third kappa shape index (κ3) is 2.37. The fraction of sp³-hybridized carbons (Fsp3) is 0.267. The van der Waals surface area contributed by atoms with Crippen LogP contribution in [0.4, 0.5) is 5.69 Å². The molecule has 3 rings (SSSR count). The summed E-state index contributed by atoms with van der Waals surface area (Å²) in [5, 5.41) is 0. The summed E-state index contributed by atoms with van der Waals surface area (Å²) in [7, 11) is 5.72. The molecule has 100 valence electrons. The Morgan fingerprint density at radius 3 is 3.05 bits per heavy atom. The van der Waals surface area contributed by atoms with E-state index in [0.29, 0.717) is 18.5 Å². The summed E-state index contributed by atoms with van der Waals surface area (Å²) in [6, 6.07) is 9.28. The lowest BCUT2D eigenvalue weighted by molar-refractivity contribution is 0.0233. The van der Waals surface area contributed by atoms with Gasteiger partial charge in [0.15, 0.2) is 12.0 Å². The molecule has 5 heteroatoms. The lowest BCUT2D eigenvalue weighted by Gasteiger charge is -2.25. The second-order valence-corrected chi connectivity index (χ2v) is 5.01. The maximum atomic E-state index is 11.7. The van der Waals surface area contributed by atoms with Crippen LogP contribution in [0.1, 0.15) is 35.1 Å². The summed E-state index contributed by atoms with van der Waals surface area (Å²) in [5.41, 5.74) is 6.30. The third-order valence-electron chi connectivity index (χ3n) is 3.55. The Labute approximate surface area is 119 Å². The van der Waals surface area contributed by atoms with Gasteiger partial charge in [-0.25, -0.2) is 0 Å². The van der Waals surface area contributed by atoms with Gasteiger partial charge in [0.25, 0.3) is 0 Å². The van der Waals surface area contributed by atoms with Gasteiger partial charge >= 0.3 is 0 Å². The number of anilines is 1. The molecule has 0 amide bonds. The van der Waals surface area contributed by atoms with Crippen molar-refractivity contribution in [2.24, 2.45) is 0 Å². The van der Waals surface area contributed by atoms with Gasteiger partial charge in [-0.2, -0.15) is 0 Å². The van der Waals surface area contributed by atoms with Gasteiger partial charge in [-0.15, -0.1) is 0 Å². The van der Waals surface area contributed by atoms with E-state index in [2.05, 4.69) is 5.48 Å². The molecule has 1 aliphatic heterocycles. The molecule has 1 aromatic heterocycles. The molecule has 2 heterocycles. The number of hydrogen-bond acceptors (Lipinski definition) is 3. The minimum atomic E-state index is -0.172. The smallest absolute Gasteiger partial charge is 0.179 e. The van der Waals surface area contributed by atoms with Crippen LogP contribution in [0.5, 0.6) is 0 Å². The zero-order chi connectivity index (χ0) is 14.1. The zero-order valence-corrected chi connectivity index (χ0v) is 11.3. The van der Waals surface area contributed by atoms with Crippen LogP contribution in [0.3, 0.4) is 0 Å². The first-order valence-corrected chi connectivity index (χ1v) is 6.63. The quantitative estimate of drug-likeness (QED) is 0.683. The maximum absolute atomic E-state index is 11.7. The predicted octanol–water partition coefficient (Wildman–Crippen LogP) is 2.11. The molecule has 2 aromatic rings. The molecule has 0 saturated carbocycles. The first-order valence-electron chi connectivity index (χ1n) is 6.63. The van der Waals surface area contributed by atoms with Crippen molar-refractivity contribution in [3.05, 3.63) is 47.8 Å². The molecule has 1 N–H and O–H groups in total. The second-order valence-electron chi connectivity index (χ2n) is 5.01. The maximum Gasteiger partial charge on any atom is 0.179 e. The summed E-state index contributed by atoms with van der Waals surface area (Å²) in [6.45, 7) is 1.97. The van der Waals surface area contributed by atoms with Crippen LogP contribution >= 0.6 is 0 Å². The molecular formula is C15H15BN2O2. The first-order chi connectivity index (χ1) is 9.65. The van der Waals surface area contributed by atoms with Gasteiger partial charge in [0, 0.05) is 19.0 Å². The Morgan fingerprint density at radius 1 is 1.40 bits per heavy atom. The average molecular weight is 266 g/mol. The molecule has 0 bridgehead atoms. The van der Waals surface area contributed by atoms with Crippen molar-refractivity contribution in [1.29, 1.82) is 0 Å². The highest BCUT2D eigenvalue weighted by atomic mass is 16.7. The minimum absolute atomic E-state index is 0.165. The fourth-order valence-electron chi connectivity index (χ4n) is 2.45. The van der Waals surface area contributed by atoms with E-state index < -0.39 is 0 Å². The molecule has 0 fully saturated rings. The van der Waals surface area contributed by atoms with Crippen molar-refractivity contribution in [2.75, 3.05) is 5.48 Å². The van der Waals surface area contributed by atoms with Gasteiger partial charge in [0.05, 0.1) is 11.4 Å². The van der Waals surface area contributed by atoms with Gasteiger partial charge < -0.3 is 4.57 Å². The van der Waals surface area contributed by atoms with Gasteiger partial charge in [0.2, 0.25) is 0 Å². The van der Waals surface area contributed by atoms with Gasteiger partial charge in [0.1, 0.15) is 7.85 Å². The molecule has 0 spiro atoms. The number of fused-ring (bicyclic) bond motifs is 1. The number of aryl methyl sites for hydroxylation is 1. The Bertz CT molecular complexity index is 651. The summed E-state index contributed by atoms with van der Waals surface area (Å²) < 4.78 is 1.87. The normalized spacial score (nSPS) is 17.9. The summed E-state index contributed by atoms with van der Waals surface area (Å²) in [4.78, 5) is 17.5. The monoisotopic (exact) mass is 266 g/mol. The van der Waals surface area contributed by atoms with E-state index in [-0.39, 0.29) is 12.0 Å². The molecule has 1 unspecified atom stereocenters. The fourth-order valence-corrected chi connectivity index (χ4v) is 2.45. The van der Waals surface area contributed by atoms with Crippen LogP contribution in [0.15, 0.2) is 36.5 Å². The highest BCUT2D eigenvalue weighted by Crippen LogP contribution is 2.26. The molecule has 1 aromatic carbocycles. The van der Waals surface area contributed by atoms with E-state index >= 15 is 0 Å². The number of benzene rings is 1. The molecule has 0 aliphatic carbocycles. The van der Waals surface area contributed by atoms with E-state index in [1.807, 2.05) is 48.0 Å². The number of aromatic nitrogens is 1. The summed E-state index contributed by atoms with van der Waals surface area (Å²) in [5.74, 6) is 0.165. The van der Waals surface area contributed by atoms with Crippen molar-refractivity contribution in [3.63, 3.8) is 0 Å². The van der Waals surface area contributed by atoms with Gasteiger partial charge in [-0.3, -0.25) is 15.1 Å². The van der Waals surface area contributed by atoms with Crippen molar-refractivity contribution >= 4 is 24.8 Å². The zero-order valence-electron chi connectivity index (χ0n) is 11.3. The molecule has 20 heavy (non-hydrogen) atoms. The van der Waals surface area contributed by atoms with Crippen LogP contribution in [0.25, 0.3) is 0 Å². The SMILES string of the molecule is [B]c1ccc(NOC2CCC(=O)c3cccn32)c(C)c1. The van der Waals surface area contributed by atoms with Crippen molar-refractivity contribution < 1.29 is 9.63 Å². The number of carbonyl (C=O) groups excluding carboxylic acids is 1. The lowest BCUT2D eigenvalue weighted by Crippen LogP contribution is -2.25. The molecular weight excluding hydrogens is 251 g/mol. The Kier molecular flexibility index (Phi) is 3.36. The third-order valence-corrected chi connectivity index (χ3v) is 3.55. The predicted molar refractivity (Wildman–Crippen MR) is 78.3 cm³/mol. The van der Waals surface area contributed by atoms with Gasteiger partial charge in [-0.1, -0.05) is 17.6 Å². The largest absolute Gasteiger partial charge is 0.316 e. The number of nitrogens with zero attached hydrogens (tertiary/aromatic N) is 1. The molecule has 0 saturated heterocycles. The van der Waals surface area contributed by atoms with Gasteiger partial charge in [-0.05, 0) is 30.7 Å². The topological polar surface area (TPSA) is 43.3 Å². The number of rotatable bonds is 3. The average Bonchev–Trinajstić information content (AvgIpc) is 2.90. The summed E-state index contributed by atoms with van der Waals surface area (Å²) in [6.07, 6.45) is 2.88. The van der Waals surface area contributed by atoms with E-state index in [9.17, 15) is 4.79 Å². The number of ketones is 1. The Hall–Kier alpha value is -2.01. The standard InChI is InChI=1S/C15H15BN2O2/c1-10-9-11(16)4-5-12(10)17-20-15-7-6-14(19)13-3-2-8-18(13)15/h2-5,8-9,15,17H,6-7H2,1H3. The van der Waals surface area contributed by atoms with Crippen LogP contribution in [-0.2, 0) is 4.84 Å². The molecule has 2 radical (unpaired) electrons. The highest BCUT2D eigenvalue weighted by molar-refractivity contribution is 6.32. The van der Waals surface area contributed by atoms with Crippen LogP contribution < -0.4 is 10.9 Å². The molecule has 4 nitrogen and oxygen atoms in total. The van der Waals surface area contributed by atoms with E-state index in [0.717, 1.165) is 16.7 Å². The number of carbonyl (C=O) groups is 1. The molecule has 1 aliphatic rings. The number of hydrogen-bond donors (Lipinski definition) is 1.